The second-order valence-electron chi connectivity index (χ2n) is 8.42. The van der Waals surface area contributed by atoms with E-state index in [9.17, 15) is 14.4 Å². The standard InChI is InChI=1S/C20H32N6O3/c1-12(2)15-11-17(27)24-20(22-15)26-16(10-13(3)25-26)23-19(29)18(28)21-14-8-6-4-5-7-9-14/h10,12,14-15,20,22H,4-9,11H2,1-3H3,(H,21,28)(H,23,29)(H,24,27). The van der Waals surface area contributed by atoms with Gasteiger partial charge in [0.15, 0.2) is 6.29 Å². The smallest absolute Gasteiger partial charge is 0.314 e. The van der Waals surface area contributed by atoms with Gasteiger partial charge in [-0.2, -0.15) is 5.10 Å². The van der Waals surface area contributed by atoms with E-state index < -0.39 is 18.1 Å². The maximum absolute atomic E-state index is 12.5. The van der Waals surface area contributed by atoms with Gasteiger partial charge in [-0.15, -0.1) is 0 Å². The van der Waals surface area contributed by atoms with E-state index in [0.29, 0.717) is 17.9 Å². The molecule has 3 rings (SSSR count). The first kappa shape index (κ1) is 21.3. The number of nitrogens with one attached hydrogen (secondary N) is 4. The van der Waals surface area contributed by atoms with Gasteiger partial charge in [0.05, 0.1) is 5.69 Å². The van der Waals surface area contributed by atoms with Gasteiger partial charge in [0.2, 0.25) is 5.91 Å². The number of carbonyl (C=O) groups excluding carboxylic acids is 3. The SMILES string of the molecule is Cc1cc(NC(=O)C(=O)NC2CCCCCC2)n(C2NC(=O)CC(C(C)C)N2)n1. The lowest BCUT2D eigenvalue weighted by Crippen LogP contribution is -2.55. The fraction of sp³-hybridized carbons (Fsp3) is 0.700. The number of aromatic nitrogens is 2. The normalized spacial score (nSPS) is 23.4. The molecule has 2 aliphatic rings. The highest BCUT2D eigenvalue weighted by Gasteiger charge is 2.31. The van der Waals surface area contributed by atoms with Crippen LogP contribution in [0, 0.1) is 12.8 Å². The molecule has 0 aromatic carbocycles. The molecule has 0 bridgehead atoms. The van der Waals surface area contributed by atoms with Crippen molar-refractivity contribution in [3.63, 3.8) is 0 Å². The van der Waals surface area contributed by atoms with Gasteiger partial charge >= 0.3 is 11.8 Å². The van der Waals surface area contributed by atoms with Crippen molar-refractivity contribution in [2.45, 2.75) is 84.1 Å². The molecule has 1 aliphatic carbocycles. The lowest BCUT2D eigenvalue weighted by molar-refractivity contribution is -0.136. The van der Waals surface area contributed by atoms with Gasteiger partial charge in [-0.3, -0.25) is 19.7 Å². The summed E-state index contributed by atoms with van der Waals surface area (Å²) in [6.45, 7) is 5.88. The number of rotatable bonds is 4. The molecule has 4 N–H and O–H groups in total. The Morgan fingerprint density at radius 3 is 2.52 bits per heavy atom. The molecule has 3 amide bonds. The van der Waals surface area contributed by atoms with Crippen LogP contribution in [0.2, 0.25) is 0 Å². The molecule has 2 unspecified atom stereocenters. The third-order valence-electron chi connectivity index (χ3n) is 5.62. The van der Waals surface area contributed by atoms with Crippen molar-refractivity contribution in [1.29, 1.82) is 0 Å². The van der Waals surface area contributed by atoms with Gasteiger partial charge < -0.3 is 16.0 Å². The highest BCUT2D eigenvalue weighted by molar-refractivity contribution is 6.39. The van der Waals surface area contributed by atoms with Crippen LogP contribution in [0.5, 0.6) is 0 Å². The molecule has 2 atom stereocenters. The molecule has 29 heavy (non-hydrogen) atoms. The highest BCUT2D eigenvalue weighted by Crippen LogP contribution is 2.20. The van der Waals surface area contributed by atoms with Gasteiger partial charge in [0.1, 0.15) is 5.82 Å². The molecule has 160 valence electrons. The summed E-state index contributed by atoms with van der Waals surface area (Å²) in [5, 5.41) is 16.1. The minimum absolute atomic E-state index is 0.000317. The zero-order valence-electron chi connectivity index (χ0n) is 17.5. The van der Waals surface area contributed by atoms with Crippen molar-refractivity contribution in [2.75, 3.05) is 5.32 Å². The van der Waals surface area contributed by atoms with Gasteiger partial charge in [0, 0.05) is 24.6 Å². The molecule has 2 heterocycles. The summed E-state index contributed by atoms with van der Waals surface area (Å²) in [7, 11) is 0. The lowest BCUT2D eigenvalue weighted by atomic mass is 9.99. The molecule has 9 nitrogen and oxygen atoms in total. The monoisotopic (exact) mass is 404 g/mol. The first-order chi connectivity index (χ1) is 13.8. The predicted molar refractivity (Wildman–Crippen MR) is 109 cm³/mol. The number of hydrogen-bond acceptors (Lipinski definition) is 5. The molecule has 1 saturated carbocycles. The Kier molecular flexibility index (Phi) is 6.89. The zero-order valence-corrected chi connectivity index (χ0v) is 17.5. The van der Waals surface area contributed by atoms with Crippen LogP contribution in [0.25, 0.3) is 0 Å². The van der Waals surface area contributed by atoms with Gasteiger partial charge in [0.25, 0.3) is 0 Å². The molecule has 0 radical (unpaired) electrons. The van der Waals surface area contributed by atoms with E-state index in [4.69, 9.17) is 0 Å². The van der Waals surface area contributed by atoms with E-state index in [0.717, 1.165) is 25.7 Å². The first-order valence-corrected chi connectivity index (χ1v) is 10.6. The van der Waals surface area contributed by atoms with E-state index in [1.165, 1.54) is 17.5 Å². The van der Waals surface area contributed by atoms with Crippen LogP contribution < -0.4 is 21.3 Å². The number of aryl methyl sites for hydroxylation is 1. The van der Waals surface area contributed by atoms with E-state index in [-0.39, 0.29) is 23.9 Å². The molecule has 0 spiro atoms. The van der Waals surface area contributed by atoms with Gasteiger partial charge in [-0.05, 0) is 25.7 Å². The van der Waals surface area contributed by atoms with E-state index in [1.54, 1.807) is 13.0 Å². The Labute approximate surface area is 171 Å². The zero-order chi connectivity index (χ0) is 21.0. The fourth-order valence-electron chi connectivity index (χ4n) is 3.93. The van der Waals surface area contributed by atoms with Crippen molar-refractivity contribution in [3.05, 3.63) is 11.8 Å². The Balaban J connectivity index is 1.67. The van der Waals surface area contributed by atoms with E-state index in [1.807, 2.05) is 13.8 Å². The third kappa shape index (κ3) is 5.56. The summed E-state index contributed by atoms with van der Waals surface area (Å²) in [5.41, 5.74) is 0.673. The second kappa shape index (κ2) is 9.39. The minimum atomic E-state index is -0.724. The van der Waals surface area contributed by atoms with Crippen LogP contribution in [0.4, 0.5) is 5.82 Å². The average molecular weight is 405 g/mol. The Bertz CT molecular complexity index is 751. The van der Waals surface area contributed by atoms with Crippen LogP contribution in [-0.4, -0.2) is 39.6 Å². The molecule has 1 aromatic heterocycles. The highest BCUT2D eigenvalue weighted by atomic mass is 16.2. The molecule has 1 aromatic rings. The van der Waals surface area contributed by atoms with Crippen LogP contribution in [0.15, 0.2) is 6.07 Å². The number of carbonyl (C=O) groups is 3. The molecular formula is C20H32N6O3. The number of hydrogen-bond donors (Lipinski definition) is 4. The van der Waals surface area contributed by atoms with Crippen molar-refractivity contribution in [3.8, 4) is 0 Å². The van der Waals surface area contributed by atoms with E-state index >= 15 is 0 Å². The topological polar surface area (TPSA) is 117 Å². The Morgan fingerprint density at radius 2 is 1.86 bits per heavy atom. The fourth-order valence-corrected chi connectivity index (χ4v) is 3.93. The summed E-state index contributed by atoms with van der Waals surface area (Å²) < 4.78 is 1.51. The van der Waals surface area contributed by atoms with Crippen LogP contribution in [0.3, 0.4) is 0 Å². The predicted octanol–water partition coefficient (Wildman–Crippen LogP) is 1.56. The lowest BCUT2D eigenvalue weighted by Gasteiger charge is -2.34. The second-order valence-corrected chi connectivity index (χ2v) is 8.42. The van der Waals surface area contributed by atoms with Crippen molar-refractivity contribution in [1.82, 2.24) is 25.7 Å². The largest absolute Gasteiger partial charge is 0.345 e. The van der Waals surface area contributed by atoms with Gasteiger partial charge in [-0.1, -0.05) is 39.5 Å². The minimum Gasteiger partial charge on any atom is -0.345 e. The Morgan fingerprint density at radius 1 is 1.17 bits per heavy atom. The summed E-state index contributed by atoms with van der Waals surface area (Å²) in [6, 6.07) is 1.73. The molecule has 1 aliphatic heterocycles. The summed E-state index contributed by atoms with van der Waals surface area (Å²) in [4.78, 5) is 37.0. The molecule has 9 heteroatoms. The van der Waals surface area contributed by atoms with E-state index in [2.05, 4.69) is 26.4 Å². The Hall–Kier alpha value is -2.42. The molecule has 2 fully saturated rings. The number of anilines is 1. The maximum atomic E-state index is 12.5. The summed E-state index contributed by atoms with van der Waals surface area (Å²) in [6.07, 6.45) is 6.11. The summed E-state index contributed by atoms with van der Waals surface area (Å²) in [5.74, 6) is -0.806. The van der Waals surface area contributed by atoms with Crippen LogP contribution in [0.1, 0.15) is 70.8 Å². The quantitative estimate of drug-likeness (QED) is 0.449. The number of nitrogens with zero attached hydrogens (tertiary/aromatic N) is 2. The number of amides is 3. The van der Waals surface area contributed by atoms with Crippen molar-refractivity contribution >= 4 is 23.5 Å². The first-order valence-electron chi connectivity index (χ1n) is 10.6. The molecule has 1 saturated heterocycles. The van der Waals surface area contributed by atoms with Crippen molar-refractivity contribution < 1.29 is 14.4 Å². The summed E-state index contributed by atoms with van der Waals surface area (Å²) >= 11 is 0. The van der Waals surface area contributed by atoms with Crippen LogP contribution >= 0.6 is 0 Å². The van der Waals surface area contributed by atoms with Crippen molar-refractivity contribution in [2.24, 2.45) is 5.92 Å². The van der Waals surface area contributed by atoms with Crippen LogP contribution in [-0.2, 0) is 14.4 Å². The van der Waals surface area contributed by atoms with Gasteiger partial charge in [-0.25, -0.2) is 4.68 Å². The third-order valence-corrected chi connectivity index (χ3v) is 5.62. The maximum Gasteiger partial charge on any atom is 0.314 e. The molecular weight excluding hydrogens is 372 g/mol. The average Bonchev–Trinajstić information content (AvgIpc) is 2.86.